The maximum absolute atomic E-state index is 14.1. The average Bonchev–Trinajstić information content (AvgIpc) is 3.61. The number of aromatic carboxylic acids is 1. The summed E-state index contributed by atoms with van der Waals surface area (Å²) in [6.07, 6.45) is 2.89. The van der Waals surface area contributed by atoms with Gasteiger partial charge in [-0.1, -0.05) is 23.7 Å². The molecule has 3 aromatic heterocycles. The van der Waals surface area contributed by atoms with Gasteiger partial charge in [0.1, 0.15) is 23.9 Å². The zero-order chi connectivity index (χ0) is 28.3. The Morgan fingerprint density at radius 2 is 1.88 bits per heavy atom. The van der Waals surface area contributed by atoms with Crippen LogP contribution >= 0.6 is 11.6 Å². The molecule has 9 nitrogen and oxygen atoms in total. The molecule has 3 aromatic carbocycles. The standard InChI is InChI=1S/C30H20ClFN4O5/c31-21-8-4-20(24(32)13-21)16-39-28-3-1-2-25(34-28)18-5-9-22(10-6-18)41-30-35-26-11-7-19(29(37)38)12-27(26)36(30)15-23-14-33-17-40-23/h1-14,17H,15-16H2,(H,37,38). The Morgan fingerprint density at radius 3 is 2.63 bits per heavy atom. The van der Waals surface area contributed by atoms with Crippen molar-refractivity contribution in [2.75, 3.05) is 0 Å². The third kappa shape index (κ3) is 5.73. The molecule has 0 fully saturated rings. The first kappa shape index (κ1) is 26.0. The Morgan fingerprint density at radius 1 is 1.02 bits per heavy atom. The normalized spacial score (nSPS) is 11.1. The predicted octanol–water partition coefficient (Wildman–Crippen LogP) is 7.00. The van der Waals surface area contributed by atoms with E-state index in [1.807, 2.05) is 18.2 Å². The van der Waals surface area contributed by atoms with Crippen molar-refractivity contribution < 1.29 is 28.2 Å². The second-order valence-corrected chi connectivity index (χ2v) is 9.41. The van der Waals surface area contributed by atoms with Crippen LogP contribution in [0.1, 0.15) is 21.7 Å². The molecule has 0 radical (unpaired) electrons. The van der Waals surface area contributed by atoms with Crippen LogP contribution in [0.15, 0.2) is 95.9 Å². The van der Waals surface area contributed by atoms with E-state index in [9.17, 15) is 14.3 Å². The number of carboxylic acids is 1. The van der Waals surface area contributed by atoms with Crippen molar-refractivity contribution in [3.8, 4) is 28.9 Å². The SMILES string of the molecule is O=C(O)c1ccc2nc(Oc3ccc(-c4cccc(OCc5ccc(Cl)cc5F)n4)cc3)n(Cc3cnco3)c2c1. The second-order valence-electron chi connectivity index (χ2n) is 8.97. The highest BCUT2D eigenvalue weighted by atomic mass is 35.5. The second kappa shape index (κ2) is 11.1. The predicted molar refractivity (Wildman–Crippen MR) is 148 cm³/mol. The quantitative estimate of drug-likeness (QED) is 0.198. The van der Waals surface area contributed by atoms with E-state index in [1.54, 1.807) is 59.3 Å². The first-order valence-corrected chi connectivity index (χ1v) is 12.7. The molecule has 41 heavy (non-hydrogen) atoms. The molecule has 1 N–H and O–H groups in total. The first-order chi connectivity index (χ1) is 19.9. The first-order valence-electron chi connectivity index (χ1n) is 12.4. The van der Waals surface area contributed by atoms with E-state index in [2.05, 4.69) is 15.0 Å². The van der Waals surface area contributed by atoms with Crippen LogP contribution in [-0.2, 0) is 13.2 Å². The summed E-state index contributed by atoms with van der Waals surface area (Å²) in [5.74, 6) is -0.0817. The zero-order valence-electron chi connectivity index (χ0n) is 21.2. The third-order valence-electron chi connectivity index (χ3n) is 6.23. The van der Waals surface area contributed by atoms with E-state index in [4.69, 9.17) is 25.5 Å². The molecule has 0 aliphatic rings. The number of aromatic nitrogens is 4. The minimum absolute atomic E-state index is 0.00919. The van der Waals surface area contributed by atoms with Gasteiger partial charge in [0, 0.05) is 22.2 Å². The van der Waals surface area contributed by atoms with Crippen LogP contribution in [0.4, 0.5) is 4.39 Å². The number of imidazole rings is 1. The fourth-order valence-electron chi connectivity index (χ4n) is 4.19. The highest BCUT2D eigenvalue weighted by molar-refractivity contribution is 6.30. The maximum Gasteiger partial charge on any atom is 0.335 e. The van der Waals surface area contributed by atoms with E-state index < -0.39 is 11.8 Å². The molecule has 0 aliphatic carbocycles. The van der Waals surface area contributed by atoms with Crippen LogP contribution < -0.4 is 9.47 Å². The monoisotopic (exact) mass is 570 g/mol. The fourth-order valence-corrected chi connectivity index (χ4v) is 4.34. The Balaban J connectivity index is 1.22. The average molecular weight is 571 g/mol. The van der Waals surface area contributed by atoms with E-state index >= 15 is 0 Å². The number of rotatable bonds is 9. The Bertz CT molecular complexity index is 1860. The molecule has 0 amide bonds. The van der Waals surface area contributed by atoms with Crippen LogP contribution in [0.5, 0.6) is 17.6 Å². The number of hydrogen-bond acceptors (Lipinski definition) is 7. The lowest BCUT2D eigenvalue weighted by atomic mass is 10.1. The molecule has 204 valence electrons. The number of nitrogens with zero attached hydrogens (tertiary/aromatic N) is 4. The summed E-state index contributed by atoms with van der Waals surface area (Å²) in [6, 6.07) is 21.9. The molecular weight excluding hydrogens is 551 g/mol. The number of carbonyl (C=O) groups is 1. The molecule has 0 spiro atoms. The number of halogens is 2. The minimum Gasteiger partial charge on any atom is -0.478 e. The van der Waals surface area contributed by atoms with Crippen molar-refractivity contribution in [1.82, 2.24) is 19.5 Å². The summed E-state index contributed by atoms with van der Waals surface area (Å²) < 4.78 is 33.0. The summed E-state index contributed by atoms with van der Waals surface area (Å²) in [6.45, 7) is 0.249. The van der Waals surface area contributed by atoms with Crippen LogP contribution in [0, 0.1) is 5.82 Å². The number of hydrogen-bond donors (Lipinski definition) is 1. The fraction of sp³-hybridized carbons (Fsp3) is 0.0667. The molecule has 0 saturated carbocycles. The molecule has 0 atom stereocenters. The largest absolute Gasteiger partial charge is 0.478 e. The summed E-state index contributed by atoms with van der Waals surface area (Å²) in [4.78, 5) is 24.6. The van der Waals surface area contributed by atoms with Crippen molar-refractivity contribution in [1.29, 1.82) is 0 Å². The van der Waals surface area contributed by atoms with Gasteiger partial charge >= 0.3 is 12.0 Å². The van der Waals surface area contributed by atoms with Gasteiger partial charge in [0.15, 0.2) is 6.39 Å². The minimum atomic E-state index is -1.04. The van der Waals surface area contributed by atoms with E-state index in [0.29, 0.717) is 44.7 Å². The lowest BCUT2D eigenvalue weighted by Crippen LogP contribution is -2.03. The van der Waals surface area contributed by atoms with Gasteiger partial charge in [-0.2, -0.15) is 4.98 Å². The van der Waals surface area contributed by atoms with Gasteiger partial charge in [-0.15, -0.1) is 0 Å². The molecule has 3 heterocycles. The van der Waals surface area contributed by atoms with Gasteiger partial charge in [0.25, 0.3) is 0 Å². The van der Waals surface area contributed by atoms with Crippen molar-refractivity contribution in [3.05, 3.63) is 119 Å². The lowest BCUT2D eigenvalue weighted by molar-refractivity contribution is 0.0697. The number of pyridine rings is 1. The number of oxazole rings is 1. The van der Waals surface area contributed by atoms with Crippen LogP contribution in [0.3, 0.4) is 0 Å². The smallest absolute Gasteiger partial charge is 0.335 e. The van der Waals surface area contributed by atoms with Gasteiger partial charge in [-0.05, 0) is 60.7 Å². The highest BCUT2D eigenvalue weighted by Gasteiger charge is 2.17. The summed E-state index contributed by atoms with van der Waals surface area (Å²) in [7, 11) is 0. The molecule has 0 unspecified atom stereocenters. The van der Waals surface area contributed by atoms with Gasteiger partial charge in [0.05, 0.1) is 35.0 Å². The van der Waals surface area contributed by atoms with Crippen molar-refractivity contribution in [2.45, 2.75) is 13.2 Å². The zero-order valence-corrected chi connectivity index (χ0v) is 22.0. The Kier molecular flexibility index (Phi) is 7.05. The van der Waals surface area contributed by atoms with E-state index in [-0.39, 0.29) is 24.7 Å². The lowest BCUT2D eigenvalue weighted by Gasteiger charge is -2.10. The molecular formula is C30H20ClFN4O5. The van der Waals surface area contributed by atoms with Gasteiger partial charge < -0.3 is 19.0 Å². The molecule has 6 aromatic rings. The van der Waals surface area contributed by atoms with Gasteiger partial charge in [-0.25, -0.2) is 19.2 Å². The van der Waals surface area contributed by atoms with Crippen LogP contribution in [0.2, 0.25) is 5.02 Å². The van der Waals surface area contributed by atoms with E-state index in [0.717, 1.165) is 5.56 Å². The van der Waals surface area contributed by atoms with Crippen molar-refractivity contribution >= 4 is 28.6 Å². The molecule has 0 saturated heterocycles. The summed E-state index contributed by atoms with van der Waals surface area (Å²) in [5.41, 5.74) is 3.11. The molecule has 0 aliphatic heterocycles. The summed E-state index contributed by atoms with van der Waals surface area (Å²) in [5, 5.41) is 9.77. The van der Waals surface area contributed by atoms with Crippen molar-refractivity contribution in [2.24, 2.45) is 0 Å². The van der Waals surface area contributed by atoms with Gasteiger partial charge in [-0.3, -0.25) is 4.57 Å². The maximum atomic E-state index is 14.1. The van der Waals surface area contributed by atoms with Crippen molar-refractivity contribution in [3.63, 3.8) is 0 Å². The van der Waals surface area contributed by atoms with E-state index in [1.165, 1.54) is 18.5 Å². The third-order valence-corrected chi connectivity index (χ3v) is 6.47. The van der Waals surface area contributed by atoms with Crippen LogP contribution in [-0.4, -0.2) is 30.6 Å². The van der Waals surface area contributed by atoms with Crippen LogP contribution in [0.25, 0.3) is 22.3 Å². The number of fused-ring (bicyclic) bond motifs is 1. The number of benzene rings is 3. The number of carboxylic acid groups (broad SMARTS) is 1. The highest BCUT2D eigenvalue weighted by Crippen LogP contribution is 2.30. The summed E-state index contributed by atoms with van der Waals surface area (Å²) >= 11 is 5.82. The Labute approximate surface area is 237 Å². The molecule has 6 rings (SSSR count). The Hall–Kier alpha value is -5.22. The molecule has 11 heteroatoms. The van der Waals surface area contributed by atoms with Gasteiger partial charge in [0.2, 0.25) is 5.88 Å². The number of ether oxygens (including phenoxy) is 2. The topological polar surface area (TPSA) is 112 Å². The molecule has 0 bridgehead atoms.